The molecular weight excluding hydrogens is 216 g/mol. The van der Waals surface area contributed by atoms with Crippen molar-refractivity contribution in [3.8, 4) is 0 Å². The first-order valence-corrected chi connectivity index (χ1v) is 6.29. The van der Waals surface area contributed by atoms with Gasteiger partial charge in [0.1, 0.15) is 12.0 Å². The second-order valence-electron chi connectivity index (χ2n) is 4.54. The monoisotopic (exact) mass is 236 g/mol. The Labute approximate surface area is 102 Å². The summed E-state index contributed by atoms with van der Waals surface area (Å²) in [7, 11) is 0. The number of carbonyl (C=O) groups is 1. The number of likely N-dealkylation sites (N-methyl/N-ethyl adjacent to an activating group) is 1. The summed E-state index contributed by atoms with van der Waals surface area (Å²) in [6.07, 6.45) is 3.78. The van der Waals surface area contributed by atoms with Crippen molar-refractivity contribution >= 4 is 5.91 Å². The lowest BCUT2D eigenvalue weighted by molar-refractivity contribution is 0.0661. The summed E-state index contributed by atoms with van der Waals surface area (Å²) in [5.74, 6) is 0.865. The first-order chi connectivity index (χ1) is 8.22. The van der Waals surface area contributed by atoms with Crippen LogP contribution in [-0.2, 0) is 0 Å². The number of amides is 1. The zero-order chi connectivity index (χ0) is 12.3. The highest BCUT2D eigenvalue weighted by Gasteiger charge is 2.25. The van der Waals surface area contributed by atoms with Crippen molar-refractivity contribution in [2.24, 2.45) is 0 Å². The molecule has 2 heterocycles. The van der Waals surface area contributed by atoms with E-state index in [1.54, 1.807) is 12.3 Å². The number of hydrogen-bond donors (Lipinski definition) is 1. The summed E-state index contributed by atoms with van der Waals surface area (Å²) in [6.45, 7) is 6.59. The van der Waals surface area contributed by atoms with Crippen LogP contribution in [0.15, 0.2) is 16.7 Å². The van der Waals surface area contributed by atoms with E-state index in [0.717, 1.165) is 38.2 Å². The van der Waals surface area contributed by atoms with Gasteiger partial charge in [0.25, 0.3) is 5.91 Å². The number of nitrogens with zero attached hydrogens (tertiary/aromatic N) is 1. The van der Waals surface area contributed by atoms with Crippen LogP contribution in [-0.4, -0.2) is 36.5 Å². The third kappa shape index (κ3) is 2.69. The Hall–Kier alpha value is -1.29. The van der Waals surface area contributed by atoms with Crippen LogP contribution < -0.4 is 5.32 Å². The third-order valence-corrected chi connectivity index (χ3v) is 3.29. The molecule has 0 aromatic carbocycles. The highest BCUT2D eigenvalue weighted by Crippen LogP contribution is 2.15. The van der Waals surface area contributed by atoms with E-state index in [9.17, 15) is 4.79 Å². The predicted molar refractivity (Wildman–Crippen MR) is 66.0 cm³/mol. The molecule has 1 saturated heterocycles. The average Bonchev–Trinajstić information content (AvgIpc) is 2.78. The van der Waals surface area contributed by atoms with Gasteiger partial charge in [-0.15, -0.1) is 0 Å². The molecule has 1 aliphatic heterocycles. The second-order valence-corrected chi connectivity index (χ2v) is 4.54. The van der Waals surface area contributed by atoms with Gasteiger partial charge in [-0.25, -0.2) is 0 Å². The maximum Gasteiger partial charge on any atom is 0.257 e. The van der Waals surface area contributed by atoms with Gasteiger partial charge < -0.3 is 14.6 Å². The molecule has 1 fully saturated rings. The van der Waals surface area contributed by atoms with E-state index >= 15 is 0 Å². The number of carbonyl (C=O) groups excluding carboxylic acids is 1. The van der Waals surface area contributed by atoms with E-state index in [1.807, 2.05) is 18.7 Å². The number of rotatable bonds is 3. The quantitative estimate of drug-likeness (QED) is 0.870. The van der Waals surface area contributed by atoms with Gasteiger partial charge in [-0.3, -0.25) is 4.79 Å². The SMILES string of the molecule is CCN(C(=O)c1coc(C)c1)C1CCCNC1. The fourth-order valence-corrected chi connectivity index (χ4v) is 2.39. The summed E-state index contributed by atoms with van der Waals surface area (Å²) < 4.78 is 5.20. The van der Waals surface area contributed by atoms with Crippen LogP contribution in [0.2, 0.25) is 0 Å². The smallest absolute Gasteiger partial charge is 0.257 e. The molecule has 0 saturated carbocycles. The molecule has 4 nitrogen and oxygen atoms in total. The fraction of sp³-hybridized carbons (Fsp3) is 0.615. The third-order valence-electron chi connectivity index (χ3n) is 3.29. The van der Waals surface area contributed by atoms with Gasteiger partial charge in [-0.05, 0) is 39.3 Å². The van der Waals surface area contributed by atoms with Crippen molar-refractivity contribution in [3.05, 3.63) is 23.7 Å². The van der Waals surface area contributed by atoms with Crippen molar-refractivity contribution in [1.29, 1.82) is 0 Å². The molecule has 1 aliphatic rings. The van der Waals surface area contributed by atoms with Crippen molar-refractivity contribution in [2.45, 2.75) is 32.7 Å². The molecule has 0 aliphatic carbocycles. The Kier molecular flexibility index (Phi) is 3.84. The Balaban J connectivity index is 2.09. The molecule has 1 amide bonds. The molecule has 1 aromatic heterocycles. The minimum Gasteiger partial charge on any atom is -0.469 e. The van der Waals surface area contributed by atoms with Crippen molar-refractivity contribution in [2.75, 3.05) is 19.6 Å². The maximum absolute atomic E-state index is 12.3. The molecule has 1 unspecified atom stereocenters. The Bertz CT molecular complexity index is 381. The van der Waals surface area contributed by atoms with E-state index in [1.165, 1.54) is 0 Å². The summed E-state index contributed by atoms with van der Waals surface area (Å²) >= 11 is 0. The Morgan fingerprint density at radius 2 is 2.47 bits per heavy atom. The van der Waals surface area contributed by atoms with E-state index in [0.29, 0.717) is 11.6 Å². The van der Waals surface area contributed by atoms with Crippen LogP contribution in [0.4, 0.5) is 0 Å². The molecule has 2 rings (SSSR count). The normalized spacial score (nSPS) is 20.2. The number of hydrogen-bond acceptors (Lipinski definition) is 3. The van der Waals surface area contributed by atoms with Gasteiger partial charge in [0.05, 0.1) is 5.56 Å². The lowest BCUT2D eigenvalue weighted by Gasteiger charge is -2.33. The topological polar surface area (TPSA) is 45.5 Å². The molecule has 0 spiro atoms. The molecule has 1 N–H and O–H groups in total. The van der Waals surface area contributed by atoms with Gasteiger partial charge in [-0.1, -0.05) is 0 Å². The predicted octanol–water partition coefficient (Wildman–Crippen LogP) is 1.80. The standard InChI is InChI=1S/C13H20N2O2/c1-3-15(12-5-4-6-14-8-12)13(16)11-7-10(2)17-9-11/h7,9,12,14H,3-6,8H2,1-2H3. The second kappa shape index (κ2) is 5.36. The summed E-state index contributed by atoms with van der Waals surface area (Å²) in [4.78, 5) is 14.3. The summed E-state index contributed by atoms with van der Waals surface area (Å²) in [6, 6.07) is 2.12. The molecule has 0 radical (unpaired) electrons. The van der Waals surface area contributed by atoms with Gasteiger partial charge in [0, 0.05) is 19.1 Å². The molecule has 1 aromatic rings. The van der Waals surface area contributed by atoms with E-state index in [2.05, 4.69) is 5.32 Å². The number of aryl methyl sites for hydroxylation is 1. The zero-order valence-corrected chi connectivity index (χ0v) is 10.5. The summed E-state index contributed by atoms with van der Waals surface area (Å²) in [5, 5.41) is 3.34. The van der Waals surface area contributed by atoms with Crippen LogP contribution in [0.3, 0.4) is 0 Å². The fourth-order valence-electron chi connectivity index (χ4n) is 2.39. The van der Waals surface area contributed by atoms with Crippen LogP contribution in [0.25, 0.3) is 0 Å². The number of furan rings is 1. The minimum atomic E-state index is 0.0815. The summed E-state index contributed by atoms with van der Waals surface area (Å²) in [5.41, 5.74) is 0.662. The molecule has 17 heavy (non-hydrogen) atoms. The minimum absolute atomic E-state index is 0.0815. The van der Waals surface area contributed by atoms with Crippen LogP contribution in [0, 0.1) is 6.92 Å². The van der Waals surface area contributed by atoms with Crippen LogP contribution in [0.5, 0.6) is 0 Å². The van der Waals surface area contributed by atoms with Crippen LogP contribution in [0.1, 0.15) is 35.9 Å². The van der Waals surface area contributed by atoms with Gasteiger partial charge in [-0.2, -0.15) is 0 Å². The maximum atomic E-state index is 12.3. The largest absolute Gasteiger partial charge is 0.469 e. The lowest BCUT2D eigenvalue weighted by atomic mass is 10.1. The molecule has 0 bridgehead atoms. The van der Waals surface area contributed by atoms with Gasteiger partial charge in [0.15, 0.2) is 0 Å². The molecule has 94 valence electrons. The first kappa shape index (κ1) is 12.2. The molecular formula is C13H20N2O2. The van der Waals surface area contributed by atoms with Crippen molar-refractivity contribution in [1.82, 2.24) is 10.2 Å². The van der Waals surface area contributed by atoms with E-state index in [4.69, 9.17) is 4.42 Å². The lowest BCUT2D eigenvalue weighted by Crippen LogP contribution is -2.48. The van der Waals surface area contributed by atoms with E-state index < -0.39 is 0 Å². The average molecular weight is 236 g/mol. The highest BCUT2D eigenvalue weighted by molar-refractivity contribution is 5.94. The van der Waals surface area contributed by atoms with E-state index in [-0.39, 0.29) is 5.91 Å². The zero-order valence-electron chi connectivity index (χ0n) is 10.5. The van der Waals surface area contributed by atoms with Crippen molar-refractivity contribution in [3.63, 3.8) is 0 Å². The first-order valence-electron chi connectivity index (χ1n) is 6.29. The van der Waals surface area contributed by atoms with Gasteiger partial charge in [0.2, 0.25) is 0 Å². The Morgan fingerprint density at radius 3 is 3.00 bits per heavy atom. The molecule has 1 atom stereocenters. The highest BCUT2D eigenvalue weighted by atomic mass is 16.3. The number of piperidine rings is 1. The van der Waals surface area contributed by atoms with Crippen LogP contribution >= 0.6 is 0 Å². The van der Waals surface area contributed by atoms with Gasteiger partial charge >= 0.3 is 0 Å². The van der Waals surface area contributed by atoms with Crippen molar-refractivity contribution < 1.29 is 9.21 Å². The number of nitrogens with one attached hydrogen (secondary N) is 1. The Morgan fingerprint density at radius 1 is 1.65 bits per heavy atom. The molecule has 4 heteroatoms.